The molecular weight excluding hydrogens is 577 g/mol. The number of nitrogens with one attached hydrogen (secondary N) is 2. The van der Waals surface area contributed by atoms with E-state index in [2.05, 4.69) is 10.6 Å². The Bertz CT molecular complexity index is 1420. The third kappa shape index (κ3) is 6.68. The molecule has 2 aromatic carbocycles. The summed E-state index contributed by atoms with van der Waals surface area (Å²) in [6.07, 6.45) is -9.46. The molecule has 2 aliphatic carbocycles. The zero-order valence-corrected chi connectivity index (χ0v) is 21.9. The largest absolute Gasteiger partial charge is 0.496 e. The molecule has 0 aromatic heterocycles. The number of carboxylic acids is 1. The van der Waals surface area contributed by atoms with E-state index in [-0.39, 0.29) is 48.6 Å². The summed E-state index contributed by atoms with van der Waals surface area (Å²) in [5.41, 5.74) is -1.73. The molecule has 42 heavy (non-hydrogen) atoms. The molecule has 2 aliphatic rings. The van der Waals surface area contributed by atoms with E-state index in [0.29, 0.717) is 17.7 Å². The molecule has 2 bridgehead atoms. The van der Waals surface area contributed by atoms with Crippen LogP contribution in [-0.2, 0) is 22.2 Å². The van der Waals surface area contributed by atoms with Crippen molar-refractivity contribution in [3.63, 3.8) is 0 Å². The first-order chi connectivity index (χ1) is 19.6. The Labute approximate surface area is 234 Å². The standard InChI is InChI=1S/C28H25F7N2O5/c1-42-21-8-2-13(3-9-22(38)39)10-17(21)25(40)37-24-16-6-5-15(18(16)12-27(30,31)32)23(24)26(41)36-14-4-7-20(29)19(11-14)28(33,34)35/h2,4,7-8,10-12,15-16,23-24H,3,5-6,9H2,1H3,(H,36,41)(H,37,40)(H,38,39)/b18-12-/t15?,16?,23-,24+/m0/s1. The van der Waals surface area contributed by atoms with Gasteiger partial charge in [-0.05, 0) is 61.1 Å². The molecule has 0 radical (unpaired) electrons. The van der Waals surface area contributed by atoms with Crippen molar-refractivity contribution in [3.8, 4) is 5.75 Å². The minimum Gasteiger partial charge on any atom is -0.496 e. The molecule has 2 saturated carbocycles. The van der Waals surface area contributed by atoms with Crippen LogP contribution < -0.4 is 15.4 Å². The second-order valence-electron chi connectivity index (χ2n) is 10.1. The average Bonchev–Trinajstić information content (AvgIpc) is 3.40. The highest BCUT2D eigenvalue weighted by Crippen LogP contribution is 2.54. The van der Waals surface area contributed by atoms with Crippen molar-refractivity contribution < 1.29 is 55.0 Å². The van der Waals surface area contributed by atoms with E-state index >= 15 is 0 Å². The number of carbonyl (C=O) groups is 3. The van der Waals surface area contributed by atoms with E-state index in [1.807, 2.05) is 0 Å². The second-order valence-corrected chi connectivity index (χ2v) is 10.1. The maximum atomic E-state index is 13.7. The normalized spacial score (nSPS) is 22.7. The zero-order valence-electron chi connectivity index (χ0n) is 21.9. The number of benzene rings is 2. The van der Waals surface area contributed by atoms with Gasteiger partial charge in [0.25, 0.3) is 5.91 Å². The Kier molecular flexibility index (Phi) is 8.55. The third-order valence-electron chi connectivity index (χ3n) is 7.51. The third-order valence-corrected chi connectivity index (χ3v) is 7.51. The second kappa shape index (κ2) is 11.6. The van der Waals surface area contributed by atoms with Crippen LogP contribution in [0.1, 0.15) is 40.7 Å². The molecule has 226 valence electrons. The van der Waals surface area contributed by atoms with Gasteiger partial charge in [0, 0.05) is 30.1 Å². The lowest BCUT2D eigenvalue weighted by Crippen LogP contribution is -2.48. The Morgan fingerprint density at radius 2 is 1.71 bits per heavy atom. The molecule has 14 heteroatoms. The molecule has 0 spiro atoms. The maximum absolute atomic E-state index is 13.7. The number of rotatable bonds is 8. The van der Waals surface area contributed by atoms with Gasteiger partial charge < -0.3 is 20.5 Å². The molecule has 2 aromatic rings. The predicted molar refractivity (Wildman–Crippen MR) is 134 cm³/mol. The van der Waals surface area contributed by atoms with E-state index < -0.39 is 71.0 Å². The minimum absolute atomic E-state index is 0.0444. The highest BCUT2D eigenvalue weighted by molar-refractivity contribution is 5.99. The lowest BCUT2D eigenvalue weighted by Gasteiger charge is -2.30. The summed E-state index contributed by atoms with van der Waals surface area (Å²) >= 11 is 0. The van der Waals surface area contributed by atoms with Crippen molar-refractivity contribution in [2.45, 2.75) is 44.1 Å². The number of anilines is 1. The van der Waals surface area contributed by atoms with E-state index in [9.17, 15) is 45.1 Å². The van der Waals surface area contributed by atoms with Crippen LogP contribution in [0.3, 0.4) is 0 Å². The number of alkyl halides is 6. The predicted octanol–water partition coefficient (Wildman–Crippen LogP) is 5.75. The van der Waals surface area contributed by atoms with Crippen molar-refractivity contribution in [2.24, 2.45) is 17.8 Å². The molecule has 0 heterocycles. The minimum atomic E-state index is -5.06. The van der Waals surface area contributed by atoms with Crippen molar-refractivity contribution in [3.05, 3.63) is 70.6 Å². The first kappa shape index (κ1) is 30.8. The summed E-state index contributed by atoms with van der Waals surface area (Å²) in [4.78, 5) is 37.8. The molecular formula is C28H25F7N2O5. The van der Waals surface area contributed by atoms with Gasteiger partial charge in [-0.1, -0.05) is 11.6 Å². The van der Waals surface area contributed by atoms with E-state index in [4.69, 9.17) is 9.84 Å². The van der Waals surface area contributed by atoms with Gasteiger partial charge in [-0.2, -0.15) is 26.3 Å². The Morgan fingerprint density at radius 3 is 2.33 bits per heavy atom. The number of carboxylic acid groups (broad SMARTS) is 1. The van der Waals surface area contributed by atoms with E-state index in [1.54, 1.807) is 6.07 Å². The Morgan fingerprint density at radius 1 is 1.02 bits per heavy atom. The summed E-state index contributed by atoms with van der Waals surface area (Å²) in [6, 6.07) is 4.98. The SMILES string of the molecule is COc1ccc(CCC(=O)O)cc1C(=O)N[C@@H]1C2CCC(/C2=C/C(F)(F)F)[C@@H]1C(=O)Nc1ccc(F)c(C(F)(F)F)c1. The quantitative estimate of drug-likeness (QED) is 0.264. The molecule has 4 rings (SSSR count). The number of ether oxygens (including phenoxy) is 1. The van der Waals surface area contributed by atoms with Crippen molar-refractivity contribution >= 4 is 23.5 Å². The molecule has 0 aliphatic heterocycles. The number of allylic oxidation sites excluding steroid dienone is 1. The fourth-order valence-corrected chi connectivity index (χ4v) is 5.80. The highest BCUT2D eigenvalue weighted by Gasteiger charge is 2.55. The van der Waals surface area contributed by atoms with Crippen LogP contribution in [0.15, 0.2) is 48.0 Å². The van der Waals surface area contributed by atoms with Gasteiger partial charge in [-0.25, -0.2) is 4.39 Å². The molecule has 3 N–H and O–H groups in total. The zero-order chi connectivity index (χ0) is 31.0. The van der Waals surface area contributed by atoms with Gasteiger partial charge in [-0.15, -0.1) is 0 Å². The van der Waals surface area contributed by atoms with E-state index in [0.717, 1.165) is 6.07 Å². The lowest BCUT2D eigenvalue weighted by molar-refractivity contribution is -0.140. The lowest BCUT2D eigenvalue weighted by atomic mass is 9.83. The smallest absolute Gasteiger partial charge is 0.419 e. The number of fused-ring (bicyclic) bond motifs is 2. The van der Waals surface area contributed by atoms with E-state index in [1.165, 1.54) is 19.2 Å². The number of amides is 2. The number of methoxy groups -OCH3 is 1. The number of hydrogen-bond acceptors (Lipinski definition) is 4. The average molecular weight is 603 g/mol. The van der Waals surface area contributed by atoms with Crippen LogP contribution in [0.25, 0.3) is 0 Å². The fourth-order valence-electron chi connectivity index (χ4n) is 5.80. The molecule has 2 unspecified atom stereocenters. The first-order valence-corrected chi connectivity index (χ1v) is 12.8. The van der Waals surface area contributed by atoms with Gasteiger partial charge in [0.15, 0.2) is 0 Å². The Balaban J connectivity index is 1.66. The summed E-state index contributed by atoms with van der Waals surface area (Å²) in [7, 11) is 1.28. The number of hydrogen-bond donors (Lipinski definition) is 3. The van der Waals surface area contributed by atoms with Gasteiger partial charge in [0.1, 0.15) is 11.6 Å². The number of aliphatic carboxylic acids is 1. The summed E-state index contributed by atoms with van der Waals surface area (Å²) < 4.78 is 98.8. The van der Waals surface area contributed by atoms with Crippen LogP contribution >= 0.6 is 0 Å². The van der Waals surface area contributed by atoms with Crippen LogP contribution in [0.4, 0.5) is 36.4 Å². The number of carbonyl (C=O) groups excluding carboxylic acids is 2. The molecule has 2 fully saturated rings. The van der Waals surface area contributed by atoms with Crippen LogP contribution in [0.5, 0.6) is 5.75 Å². The fraction of sp³-hybridized carbons (Fsp3) is 0.393. The van der Waals surface area contributed by atoms with Crippen molar-refractivity contribution in [1.29, 1.82) is 0 Å². The summed E-state index contributed by atoms with van der Waals surface area (Å²) in [6.45, 7) is 0. The van der Waals surface area contributed by atoms with Crippen molar-refractivity contribution in [1.82, 2.24) is 5.32 Å². The first-order valence-electron chi connectivity index (χ1n) is 12.8. The maximum Gasteiger partial charge on any atom is 0.419 e. The molecule has 7 nitrogen and oxygen atoms in total. The van der Waals surface area contributed by atoms with Crippen LogP contribution in [0.2, 0.25) is 0 Å². The van der Waals surface area contributed by atoms with Crippen LogP contribution in [-0.4, -0.2) is 42.2 Å². The summed E-state index contributed by atoms with van der Waals surface area (Å²) in [5, 5.41) is 13.8. The Hall–Kier alpha value is -4.10. The summed E-state index contributed by atoms with van der Waals surface area (Å²) in [5.74, 6) is -7.44. The number of aryl methyl sites for hydroxylation is 1. The molecule has 0 saturated heterocycles. The topological polar surface area (TPSA) is 105 Å². The van der Waals surface area contributed by atoms with Gasteiger partial charge >= 0.3 is 18.3 Å². The molecule has 4 atom stereocenters. The monoisotopic (exact) mass is 602 g/mol. The highest BCUT2D eigenvalue weighted by atomic mass is 19.4. The van der Waals surface area contributed by atoms with Gasteiger partial charge in [0.2, 0.25) is 5.91 Å². The van der Waals surface area contributed by atoms with Crippen molar-refractivity contribution in [2.75, 3.05) is 12.4 Å². The van der Waals surface area contributed by atoms with Gasteiger partial charge in [0.05, 0.1) is 24.2 Å². The van der Waals surface area contributed by atoms with Crippen LogP contribution in [0, 0.1) is 23.6 Å². The molecule has 2 amide bonds. The van der Waals surface area contributed by atoms with Gasteiger partial charge in [-0.3, -0.25) is 14.4 Å². The number of halogens is 7.